The molecular formula is C13H28N4O2. The van der Waals surface area contributed by atoms with Gasteiger partial charge in [0.15, 0.2) is 0 Å². The number of nitrogens with one attached hydrogen (secondary N) is 1. The van der Waals surface area contributed by atoms with Crippen molar-refractivity contribution >= 4 is 5.96 Å². The lowest BCUT2D eigenvalue weighted by Crippen LogP contribution is -2.45. The fourth-order valence-corrected chi connectivity index (χ4v) is 2.18. The Morgan fingerprint density at radius 1 is 1.47 bits per heavy atom. The lowest BCUT2D eigenvalue weighted by atomic mass is 10.00. The smallest absolute Gasteiger partial charge is 0.208 e. The van der Waals surface area contributed by atoms with Crippen LogP contribution in [-0.2, 0) is 9.47 Å². The molecule has 1 saturated heterocycles. The minimum Gasteiger partial charge on any atom is -0.382 e. The summed E-state index contributed by atoms with van der Waals surface area (Å²) in [5.74, 6) is 6.96. The highest BCUT2D eigenvalue weighted by molar-refractivity contribution is 5.79. The SMILES string of the molecule is CCOCCCN=C(NN)N(C)CC1CCOCC1. The number of aliphatic imine (C=N–C) groups is 1. The van der Waals surface area contributed by atoms with Gasteiger partial charge in [0, 0.05) is 46.6 Å². The topological polar surface area (TPSA) is 72.1 Å². The lowest BCUT2D eigenvalue weighted by Gasteiger charge is -2.28. The summed E-state index contributed by atoms with van der Waals surface area (Å²) in [7, 11) is 2.02. The van der Waals surface area contributed by atoms with E-state index >= 15 is 0 Å². The number of hydrogen-bond acceptors (Lipinski definition) is 4. The molecule has 112 valence electrons. The van der Waals surface area contributed by atoms with Crippen molar-refractivity contribution in [2.75, 3.05) is 46.6 Å². The molecule has 1 aliphatic heterocycles. The van der Waals surface area contributed by atoms with Crippen LogP contribution in [0, 0.1) is 5.92 Å². The largest absolute Gasteiger partial charge is 0.382 e. The van der Waals surface area contributed by atoms with E-state index in [0.717, 1.165) is 64.7 Å². The standard InChI is InChI=1S/C13H28N4O2/c1-3-18-8-4-7-15-13(16-14)17(2)11-12-5-9-19-10-6-12/h12H,3-11,14H2,1-2H3,(H,15,16). The van der Waals surface area contributed by atoms with Crippen LogP contribution in [0.2, 0.25) is 0 Å². The third-order valence-corrected chi connectivity index (χ3v) is 3.28. The van der Waals surface area contributed by atoms with Crippen LogP contribution >= 0.6 is 0 Å². The molecule has 6 heteroatoms. The third kappa shape index (κ3) is 6.75. The van der Waals surface area contributed by atoms with Crippen molar-refractivity contribution in [1.29, 1.82) is 0 Å². The van der Waals surface area contributed by atoms with Gasteiger partial charge in [0.2, 0.25) is 5.96 Å². The van der Waals surface area contributed by atoms with Gasteiger partial charge in [-0.1, -0.05) is 0 Å². The molecule has 0 spiro atoms. The molecule has 19 heavy (non-hydrogen) atoms. The molecule has 0 radical (unpaired) electrons. The summed E-state index contributed by atoms with van der Waals surface area (Å²) >= 11 is 0. The second kappa shape index (κ2) is 10.00. The first kappa shape index (κ1) is 16.2. The molecule has 1 rings (SSSR count). The predicted molar refractivity (Wildman–Crippen MR) is 76.9 cm³/mol. The molecule has 0 aromatic carbocycles. The van der Waals surface area contributed by atoms with Crippen molar-refractivity contribution in [2.45, 2.75) is 26.2 Å². The third-order valence-electron chi connectivity index (χ3n) is 3.28. The Morgan fingerprint density at radius 2 is 2.21 bits per heavy atom. The molecule has 6 nitrogen and oxygen atoms in total. The van der Waals surface area contributed by atoms with Gasteiger partial charge in [0.1, 0.15) is 0 Å². The van der Waals surface area contributed by atoms with E-state index in [-0.39, 0.29) is 0 Å². The van der Waals surface area contributed by atoms with Crippen LogP contribution in [0.5, 0.6) is 0 Å². The fourth-order valence-electron chi connectivity index (χ4n) is 2.18. The van der Waals surface area contributed by atoms with E-state index in [2.05, 4.69) is 15.3 Å². The minimum atomic E-state index is 0.667. The lowest BCUT2D eigenvalue weighted by molar-refractivity contribution is 0.0610. The van der Waals surface area contributed by atoms with Gasteiger partial charge in [-0.05, 0) is 32.1 Å². The molecule has 0 aromatic rings. The first-order valence-corrected chi connectivity index (χ1v) is 7.15. The van der Waals surface area contributed by atoms with Crippen LogP contribution in [0.3, 0.4) is 0 Å². The Balaban J connectivity index is 2.28. The summed E-state index contributed by atoms with van der Waals surface area (Å²) in [6.07, 6.45) is 3.16. The highest BCUT2D eigenvalue weighted by atomic mass is 16.5. The predicted octanol–water partition coefficient (Wildman–Crippen LogP) is 0.591. The van der Waals surface area contributed by atoms with Crippen LogP contribution in [-0.4, -0.2) is 57.4 Å². The van der Waals surface area contributed by atoms with Gasteiger partial charge in [0.25, 0.3) is 0 Å². The maximum Gasteiger partial charge on any atom is 0.208 e. The van der Waals surface area contributed by atoms with Crippen molar-refractivity contribution in [1.82, 2.24) is 10.3 Å². The van der Waals surface area contributed by atoms with E-state index in [1.807, 2.05) is 14.0 Å². The van der Waals surface area contributed by atoms with Gasteiger partial charge in [-0.25, -0.2) is 5.84 Å². The first-order valence-electron chi connectivity index (χ1n) is 7.15. The molecule has 1 aliphatic rings. The summed E-state index contributed by atoms with van der Waals surface area (Å²) in [6.45, 7) is 6.95. The summed E-state index contributed by atoms with van der Waals surface area (Å²) in [4.78, 5) is 6.57. The molecule has 0 saturated carbocycles. The van der Waals surface area contributed by atoms with Crippen molar-refractivity contribution in [2.24, 2.45) is 16.8 Å². The Kier molecular flexibility index (Phi) is 8.53. The van der Waals surface area contributed by atoms with E-state index in [0.29, 0.717) is 5.92 Å². The second-order valence-corrected chi connectivity index (χ2v) is 4.84. The zero-order valence-electron chi connectivity index (χ0n) is 12.2. The van der Waals surface area contributed by atoms with Gasteiger partial charge in [-0.2, -0.15) is 0 Å². The normalized spacial score (nSPS) is 17.5. The molecule has 0 aliphatic carbocycles. The first-order chi connectivity index (χ1) is 9.27. The molecule has 0 bridgehead atoms. The Hall–Kier alpha value is -0.850. The van der Waals surface area contributed by atoms with Crippen molar-refractivity contribution in [3.63, 3.8) is 0 Å². The van der Waals surface area contributed by atoms with Crippen molar-refractivity contribution in [3.8, 4) is 0 Å². The summed E-state index contributed by atoms with van der Waals surface area (Å²) < 4.78 is 10.7. The molecule has 3 N–H and O–H groups in total. The van der Waals surface area contributed by atoms with Crippen LogP contribution < -0.4 is 11.3 Å². The molecule has 1 heterocycles. The summed E-state index contributed by atoms with van der Waals surface area (Å²) in [6, 6.07) is 0. The van der Waals surface area contributed by atoms with Gasteiger partial charge < -0.3 is 14.4 Å². The summed E-state index contributed by atoms with van der Waals surface area (Å²) in [5.41, 5.74) is 2.69. The van der Waals surface area contributed by atoms with Crippen LogP contribution in [0.1, 0.15) is 26.2 Å². The van der Waals surface area contributed by atoms with E-state index in [1.54, 1.807) is 0 Å². The van der Waals surface area contributed by atoms with Crippen molar-refractivity contribution in [3.05, 3.63) is 0 Å². The average molecular weight is 272 g/mol. The number of hydrazine groups is 1. The number of guanidine groups is 1. The molecule has 0 unspecified atom stereocenters. The quantitative estimate of drug-likeness (QED) is 0.233. The molecule has 0 aromatic heterocycles. The van der Waals surface area contributed by atoms with E-state index < -0.39 is 0 Å². The van der Waals surface area contributed by atoms with Gasteiger partial charge in [-0.15, -0.1) is 0 Å². The fraction of sp³-hybridized carbons (Fsp3) is 0.923. The zero-order valence-corrected chi connectivity index (χ0v) is 12.2. The maximum atomic E-state index is 5.54. The molecular weight excluding hydrogens is 244 g/mol. The zero-order chi connectivity index (χ0) is 13.9. The Labute approximate surface area is 116 Å². The van der Waals surface area contributed by atoms with E-state index in [9.17, 15) is 0 Å². The van der Waals surface area contributed by atoms with E-state index in [4.69, 9.17) is 15.3 Å². The van der Waals surface area contributed by atoms with E-state index in [1.165, 1.54) is 0 Å². The van der Waals surface area contributed by atoms with Crippen LogP contribution in [0.4, 0.5) is 0 Å². The monoisotopic (exact) mass is 272 g/mol. The maximum absolute atomic E-state index is 5.54. The van der Waals surface area contributed by atoms with Gasteiger partial charge in [0.05, 0.1) is 0 Å². The average Bonchev–Trinajstić information content (AvgIpc) is 2.44. The Bertz CT molecular complexity index is 255. The highest BCUT2D eigenvalue weighted by Gasteiger charge is 2.17. The molecule has 0 amide bonds. The second-order valence-electron chi connectivity index (χ2n) is 4.84. The number of nitrogens with two attached hydrogens (primary N) is 1. The molecule has 1 fully saturated rings. The van der Waals surface area contributed by atoms with Gasteiger partial charge in [-0.3, -0.25) is 10.4 Å². The number of nitrogens with zero attached hydrogens (tertiary/aromatic N) is 2. The minimum absolute atomic E-state index is 0.667. The summed E-state index contributed by atoms with van der Waals surface area (Å²) in [5, 5.41) is 0. The Morgan fingerprint density at radius 3 is 2.84 bits per heavy atom. The van der Waals surface area contributed by atoms with Gasteiger partial charge >= 0.3 is 0 Å². The van der Waals surface area contributed by atoms with Crippen LogP contribution in [0.15, 0.2) is 4.99 Å². The number of ether oxygens (including phenoxy) is 2. The molecule has 0 atom stereocenters. The number of hydrogen-bond donors (Lipinski definition) is 2. The van der Waals surface area contributed by atoms with Crippen molar-refractivity contribution < 1.29 is 9.47 Å². The highest BCUT2D eigenvalue weighted by Crippen LogP contribution is 2.15. The number of rotatable bonds is 7. The van der Waals surface area contributed by atoms with Crippen LogP contribution in [0.25, 0.3) is 0 Å².